The lowest BCUT2D eigenvalue weighted by atomic mass is 10.1. The van der Waals surface area contributed by atoms with Crippen molar-refractivity contribution in [1.82, 2.24) is 9.88 Å². The van der Waals surface area contributed by atoms with E-state index >= 15 is 0 Å². The smallest absolute Gasteiger partial charge is 0.275 e. The SMILES string of the molecule is CNC(C)C(=O)Nc1ccc(-c2ccc(F)cc2)n(Cc2cccc(S(=O)(=O)c3ccc(F)cc3)c2)c1=O. The molecule has 3 aromatic carbocycles. The second-order valence-electron chi connectivity index (χ2n) is 8.63. The average Bonchev–Trinajstić information content (AvgIpc) is 2.91. The van der Waals surface area contributed by atoms with Crippen LogP contribution in [0.4, 0.5) is 14.5 Å². The van der Waals surface area contributed by atoms with Crippen LogP contribution >= 0.6 is 0 Å². The van der Waals surface area contributed by atoms with Gasteiger partial charge in [0.2, 0.25) is 15.7 Å². The highest BCUT2D eigenvalue weighted by Crippen LogP contribution is 2.24. The Morgan fingerprint density at radius 1 is 0.895 bits per heavy atom. The van der Waals surface area contributed by atoms with E-state index in [-0.39, 0.29) is 22.0 Å². The van der Waals surface area contributed by atoms with Gasteiger partial charge >= 0.3 is 0 Å². The number of carbonyl (C=O) groups excluding carboxylic acids is 1. The van der Waals surface area contributed by atoms with Crippen LogP contribution in [0.25, 0.3) is 11.3 Å². The minimum absolute atomic E-state index is 0.0229. The predicted molar refractivity (Wildman–Crippen MR) is 141 cm³/mol. The Morgan fingerprint density at radius 2 is 1.53 bits per heavy atom. The first-order chi connectivity index (χ1) is 18.1. The molecule has 0 saturated carbocycles. The predicted octanol–water partition coefficient (Wildman–Crippen LogP) is 4.22. The molecule has 38 heavy (non-hydrogen) atoms. The van der Waals surface area contributed by atoms with Crippen LogP contribution in [-0.4, -0.2) is 32.0 Å². The van der Waals surface area contributed by atoms with Gasteiger partial charge in [-0.1, -0.05) is 12.1 Å². The van der Waals surface area contributed by atoms with Crippen LogP contribution in [-0.2, 0) is 21.2 Å². The number of hydrogen-bond donors (Lipinski definition) is 2. The highest BCUT2D eigenvalue weighted by atomic mass is 32.2. The molecule has 0 spiro atoms. The maximum atomic E-state index is 13.6. The number of halogens is 2. The van der Waals surface area contributed by atoms with Gasteiger partial charge in [0.25, 0.3) is 5.56 Å². The maximum Gasteiger partial charge on any atom is 0.275 e. The summed E-state index contributed by atoms with van der Waals surface area (Å²) in [6.07, 6.45) is 0. The summed E-state index contributed by atoms with van der Waals surface area (Å²) < 4.78 is 54.5. The molecule has 4 aromatic rings. The molecule has 4 rings (SSSR count). The topological polar surface area (TPSA) is 97.3 Å². The molecule has 0 bridgehead atoms. The molecule has 0 fully saturated rings. The first-order valence-corrected chi connectivity index (χ1v) is 13.2. The summed E-state index contributed by atoms with van der Waals surface area (Å²) in [4.78, 5) is 25.8. The molecule has 0 radical (unpaired) electrons. The Labute approximate surface area is 218 Å². The molecular weight excluding hydrogens is 512 g/mol. The van der Waals surface area contributed by atoms with E-state index in [2.05, 4.69) is 10.6 Å². The van der Waals surface area contributed by atoms with Crippen LogP contribution in [0.3, 0.4) is 0 Å². The Balaban J connectivity index is 1.78. The Bertz CT molecular complexity index is 1630. The fourth-order valence-electron chi connectivity index (χ4n) is 3.82. The van der Waals surface area contributed by atoms with Gasteiger partial charge in [-0.25, -0.2) is 17.2 Å². The monoisotopic (exact) mass is 537 g/mol. The fraction of sp³-hybridized carbons (Fsp3) is 0.143. The molecule has 2 N–H and O–H groups in total. The largest absolute Gasteiger partial charge is 0.320 e. The van der Waals surface area contributed by atoms with Gasteiger partial charge in [0.15, 0.2) is 0 Å². The van der Waals surface area contributed by atoms with E-state index in [9.17, 15) is 26.8 Å². The van der Waals surface area contributed by atoms with Gasteiger partial charge in [0.1, 0.15) is 17.3 Å². The van der Waals surface area contributed by atoms with E-state index in [4.69, 9.17) is 0 Å². The van der Waals surface area contributed by atoms with Gasteiger partial charge in [0.05, 0.1) is 28.1 Å². The van der Waals surface area contributed by atoms with Gasteiger partial charge < -0.3 is 15.2 Å². The third-order valence-electron chi connectivity index (χ3n) is 6.07. The highest BCUT2D eigenvalue weighted by Gasteiger charge is 2.20. The number of sulfone groups is 1. The van der Waals surface area contributed by atoms with Gasteiger partial charge in [-0.2, -0.15) is 0 Å². The van der Waals surface area contributed by atoms with Gasteiger partial charge in [-0.05, 0) is 97.9 Å². The van der Waals surface area contributed by atoms with Crippen LogP contribution in [0.1, 0.15) is 12.5 Å². The molecule has 0 saturated heterocycles. The minimum atomic E-state index is -3.94. The molecule has 7 nitrogen and oxygen atoms in total. The first-order valence-electron chi connectivity index (χ1n) is 11.7. The molecule has 1 amide bonds. The lowest BCUT2D eigenvalue weighted by Gasteiger charge is -2.17. The van der Waals surface area contributed by atoms with E-state index in [1.165, 1.54) is 59.2 Å². The van der Waals surface area contributed by atoms with E-state index in [1.54, 1.807) is 32.2 Å². The molecule has 1 aromatic heterocycles. The minimum Gasteiger partial charge on any atom is -0.320 e. The van der Waals surface area contributed by atoms with E-state index < -0.39 is 39.0 Å². The van der Waals surface area contributed by atoms with E-state index in [0.717, 1.165) is 12.1 Å². The number of hydrogen-bond acceptors (Lipinski definition) is 5. The van der Waals surface area contributed by atoms with Gasteiger partial charge in [-0.3, -0.25) is 9.59 Å². The van der Waals surface area contributed by atoms with Crippen molar-refractivity contribution in [1.29, 1.82) is 0 Å². The summed E-state index contributed by atoms with van der Waals surface area (Å²) in [6.45, 7) is 1.61. The van der Waals surface area contributed by atoms with Gasteiger partial charge in [0, 0.05) is 0 Å². The van der Waals surface area contributed by atoms with Crippen molar-refractivity contribution in [3.63, 3.8) is 0 Å². The van der Waals surface area contributed by atoms with Crippen LogP contribution in [0, 0.1) is 11.6 Å². The Kier molecular flexibility index (Phi) is 7.84. The van der Waals surface area contributed by atoms with E-state index in [0.29, 0.717) is 16.8 Å². The number of aromatic nitrogens is 1. The summed E-state index contributed by atoms with van der Waals surface area (Å²) in [5, 5.41) is 5.42. The second kappa shape index (κ2) is 11.1. The number of pyridine rings is 1. The number of nitrogens with zero attached hydrogens (tertiary/aromatic N) is 1. The fourth-order valence-corrected chi connectivity index (χ4v) is 5.15. The third kappa shape index (κ3) is 5.71. The number of benzene rings is 3. The van der Waals surface area contributed by atoms with Crippen LogP contribution < -0.4 is 16.2 Å². The molecule has 0 aliphatic rings. The summed E-state index contributed by atoms with van der Waals surface area (Å²) in [6, 6.07) is 18.7. The Hall–Kier alpha value is -4.15. The molecule has 196 valence electrons. The van der Waals surface area contributed by atoms with Crippen LogP contribution in [0.5, 0.6) is 0 Å². The second-order valence-corrected chi connectivity index (χ2v) is 10.6. The summed E-state index contributed by atoms with van der Waals surface area (Å²) in [5.41, 5.74) is 1.01. The Morgan fingerprint density at radius 3 is 2.16 bits per heavy atom. The zero-order valence-corrected chi connectivity index (χ0v) is 21.4. The molecule has 1 unspecified atom stereocenters. The number of nitrogens with one attached hydrogen (secondary N) is 2. The molecule has 1 heterocycles. The maximum absolute atomic E-state index is 13.6. The van der Waals surface area contributed by atoms with Crippen molar-refractivity contribution in [3.05, 3.63) is 112 Å². The highest BCUT2D eigenvalue weighted by molar-refractivity contribution is 7.91. The van der Waals surface area contributed by atoms with Crippen molar-refractivity contribution in [2.75, 3.05) is 12.4 Å². The number of carbonyl (C=O) groups is 1. The van der Waals surface area contributed by atoms with Crippen LogP contribution in [0.2, 0.25) is 0 Å². The van der Waals surface area contributed by atoms with E-state index in [1.807, 2.05) is 0 Å². The normalized spacial score (nSPS) is 12.2. The van der Waals surface area contributed by atoms with Crippen molar-refractivity contribution in [2.45, 2.75) is 29.3 Å². The summed E-state index contributed by atoms with van der Waals surface area (Å²) >= 11 is 0. The van der Waals surface area contributed by atoms with Crippen molar-refractivity contribution in [2.24, 2.45) is 0 Å². The molecule has 1 atom stereocenters. The number of amides is 1. The van der Waals surface area contributed by atoms with Gasteiger partial charge in [-0.15, -0.1) is 0 Å². The summed E-state index contributed by atoms with van der Waals surface area (Å²) in [7, 11) is -2.33. The number of likely N-dealkylation sites (N-methyl/N-ethyl adjacent to an activating group) is 1. The zero-order valence-electron chi connectivity index (χ0n) is 20.6. The number of rotatable bonds is 8. The third-order valence-corrected chi connectivity index (χ3v) is 7.84. The van der Waals surface area contributed by atoms with Crippen LogP contribution in [0.15, 0.2) is 99.5 Å². The van der Waals surface area contributed by atoms with Crippen molar-refractivity contribution in [3.8, 4) is 11.3 Å². The molecule has 10 heteroatoms. The summed E-state index contributed by atoms with van der Waals surface area (Å²) in [5.74, 6) is -1.40. The average molecular weight is 538 g/mol. The molecular formula is C28H25F2N3O4S. The molecule has 0 aliphatic carbocycles. The lowest BCUT2D eigenvalue weighted by molar-refractivity contribution is -0.117. The first kappa shape index (κ1) is 26.9. The lowest BCUT2D eigenvalue weighted by Crippen LogP contribution is -2.37. The van der Waals surface area contributed by atoms with Crippen molar-refractivity contribution < 1.29 is 22.0 Å². The standard InChI is InChI=1S/C28H25F2N3O4S/c1-18(31-2)27(34)32-25-14-15-26(20-6-8-21(29)9-7-20)33(28(25)35)17-19-4-3-5-24(16-19)38(36,37)23-12-10-22(30)11-13-23/h3-16,18,31H,17H2,1-2H3,(H,32,34). The van der Waals surface area contributed by atoms with Crippen molar-refractivity contribution >= 4 is 21.4 Å². The quantitative estimate of drug-likeness (QED) is 0.328. The zero-order chi connectivity index (χ0) is 27.4. The molecule has 0 aliphatic heterocycles. The number of anilines is 1.